The van der Waals surface area contributed by atoms with Crippen molar-refractivity contribution >= 4 is 23.2 Å². The molecule has 0 fully saturated rings. The van der Waals surface area contributed by atoms with Gasteiger partial charge in [0.05, 0.1) is 22.8 Å². The predicted octanol–water partition coefficient (Wildman–Crippen LogP) is 3.50. The molecule has 1 aromatic carbocycles. The standard InChI is InChI=1S/C18H20FN5OS.C2HF3O2/c1-10(22-17(25)15(20)12-8-21-24(3)9-12)16-11(2)23-18(26-16)13-6-4-5-7-14(13)19;3-2(4,5)1(6)7/h4-10,15H,20H2,1-3H3,(H,22,25);(H,6,7). The molecule has 3 aromatic rings. The molecule has 2 unspecified atom stereocenters. The van der Waals surface area contributed by atoms with Gasteiger partial charge in [0.2, 0.25) is 5.91 Å². The minimum absolute atomic E-state index is 0.289. The lowest BCUT2D eigenvalue weighted by Gasteiger charge is -2.16. The van der Waals surface area contributed by atoms with Crippen molar-refractivity contribution in [2.24, 2.45) is 12.8 Å². The number of nitrogens with zero attached hydrogens (tertiary/aromatic N) is 3. The number of nitrogens with two attached hydrogens (primary N) is 1. The third-order valence-corrected chi connectivity index (χ3v) is 5.67. The fraction of sp³-hybridized carbons (Fsp3) is 0.300. The Labute approximate surface area is 190 Å². The summed E-state index contributed by atoms with van der Waals surface area (Å²) in [5.74, 6) is -3.37. The Bertz CT molecular complexity index is 1130. The van der Waals surface area contributed by atoms with Gasteiger partial charge in [0.25, 0.3) is 0 Å². The SMILES string of the molecule is Cc1nc(-c2ccccc2F)sc1C(C)NC(=O)C(N)c1cnn(C)c1.O=C(O)C(F)(F)F. The van der Waals surface area contributed by atoms with Crippen LogP contribution >= 0.6 is 11.3 Å². The molecule has 2 heterocycles. The van der Waals surface area contributed by atoms with Crippen LogP contribution in [-0.2, 0) is 16.6 Å². The normalized spacial score (nSPS) is 13.0. The van der Waals surface area contributed by atoms with Gasteiger partial charge in [-0.2, -0.15) is 18.3 Å². The van der Waals surface area contributed by atoms with Crippen LogP contribution in [0.3, 0.4) is 0 Å². The summed E-state index contributed by atoms with van der Waals surface area (Å²) in [5, 5.41) is 14.6. The minimum Gasteiger partial charge on any atom is -0.475 e. The lowest BCUT2D eigenvalue weighted by Crippen LogP contribution is -2.35. The molecule has 13 heteroatoms. The van der Waals surface area contributed by atoms with Crippen LogP contribution in [0.5, 0.6) is 0 Å². The molecule has 0 aliphatic heterocycles. The van der Waals surface area contributed by atoms with E-state index in [9.17, 15) is 22.4 Å². The van der Waals surface area contributed by atoms with Crippen molar-refractivity contribution in [2.45, 2.75) is 32.1 Å². The molecule has 33 heavy (non-hydrogen) atoms. The van der Waals surface area contributed by atoms with Crippen molar-refractivity contribution in [3.63, 3.8) is 0 Å². The number of alkyl halides is 3. The quantitative estimate of drug-likeness (QED) is 0.474. The van der Waals surface area contributed by atoms with Crippen LogP contribution in [0, 0.1) is 12.7 Å². The summed E-state index contributed by atoms with van der Waals surface area (Å²) in [6.45, 7) is 3.71. The molecule has 1 amide bonds. The zero-order valence-electron chi connectivity index (χ0n) is 17.7. The summed E-state index contributed by atoms with van der Waals surface area (Å²) in [6, 6.07) is 5.42. The summed E-state index contributed by atoms with van der Waals surface area (Å²) >= 11 is 1.37. The van der Waals surface area contributed by atoms with Gasteiger partial charge in [-0.25, -0.2) is 14.2 Å². The van der Waals surface area contributed by atoms with Crippen LogP contribution in [0.1, 0.15) is 35.1 Å². The van der Waals surface area contributed by atoms with Crippen molar-refractivity contribution in [1.29, 1.82) is 0 Å². The number of aliphatic carboxylic acids is 1. The van der Waals surface area contributed by atoms with Gasteiger partial charge >= 0.3 is 12.1 Å². The molecule has 8 nitrogen and oxygen atoms in total. The van der Waals surface area contributed by atoms with Gasteiger partial charge in [-0.15, -0.1) is 11.3 Å². The Morgan fingerprint density at radius 2 is 1.88 bits per heavy atom. The summed E-state index contributed by atoms with van der Waals surface area (Å²) in [7, 11) is 1.77. The number of carboxylic acid groups (broad SMARTS) is 1. The second kappa shape index (κ2) is 10.5. The Morgan fingerprint density at radius 1 is 1.27 bits per heavy atom. The molecular formula is C20H21F4N5O3S. The van der Waals surface area contributed by atoms with E-state index in [2.05, 4.69) is 15.4 Å². The van der Waals surface area contributed by atoms with E-state index in [4.69, 9.17) is 15.6 Å². The third kappa shape index (κ3) is 6.83. The number of aryl methyl sites for hydroxylation is 2. The first kappa shape index (κ1) is 25.9. The molecule has 178 valence electrons. The number of amides is 1. The average Bonchev–Trinajstić information content (AvgIpc) is 3.33. The third-order valence-electron chi connectivity index (χ3n) is 4.30. The van der Waals surface area contributed by atoms with Crippen molar-refractivity contribution in [3.8, 4) is 10.6 Å². The van der Waals surface area contributed by atoms with Gasteiger partial charge in [-0.1, -0.05) is 12.1 Å². The maximum absolute atomic E-state index is 14.0. The summed E-state index contributed by atoms with van der Waals surface area (Å²) in [6.07, 6.45) is -1.80. The Morgan fingerprint density at radius 3 is 2.39 bits per heavy atom. The highest BCUT2D eigenvalue weighted by Gasteiger charge is 2.38. The van der Waals surface area contributed by atoms with E-state index >= 15 is 0 Å². The van der Waals surface area contributed by atoms with Gasteiger partial charge in [-0.3, -0.25) is 9.48 Å². The molecule has 0 aliphatic rings. The second-order valence-electron chi connectivity index (χ2n) is 6.91. The van der Waals surface area contributed by atoms with Crippen molar-refractivity contribution in [2.75, 3.05) is 0 Å². The van der Waals surface area contributed by atoms with E-state index < -0.39 is 18.2 Å². The smallest absolute Gasteiger partial charge is 0.475 e. The fourth-order valence-corrected chi connectivity index (χ4v) is 3.78. The first-order valence-electron chi connectivity index (χ1n) is 9.38. The highest BCUT2D eigenvalue weighted by molar-refractivity contribution is 7.15. The number of hydrogen-bond donors (Lipinski definition) is 3. The fourth-order valence-electron chi connectivity index (χ4n) is 2.68. The molecule has 0 saturated heterocycles. The highest BCUT2D eigenvalue weighted by atomic mass is 32.1. The number of halogens is 4. The zero-order valence-corrected chi connectivity index (χ0v) is 18.5. The second-order valence-corrected chi connectivity index (χ2v) is 7.94. The van der Waals surface area contributed by atoms with Crippen molar-refractivity contribution in [3.05, 3.63) is 58.6 Å². The molecule has 0 spiro atoms. The molecule has 0 saturated carbocycles. The number of hydrogen-bond acceptors (Lipinski definition) is 6. The highest BCUT2D eigenvalue weighted by Crippen LogP contribution is 2.33. The van der Waals surface area contributed by atoms with E-state index in [-0.39, 0.29) is 17.8 Å². The number of carbonyl (C=O) groups is 2. The zero-order chi connectivity index (χ0) is 24.9. The van der Waals surface area contributed by atoms with Gasteiger partial charge in [0, 0.05) is 24.4 Å². The largest absolute Gasteiger partial charge is 0.490 e. The maximum atomic E-state index is 14.0. The maximum Gasteiger partial charge on any atom is 0.490 e. The number of nitrogens with one attached hydrogen (secondary N) is 1. The number of carboxylic acids is 1. The van der Waals surface area contributed by atoms with Gasteiger partial charge in [0.15, 0.2) is 0 Å². The van der Waals surface area contributed by atoms with Gasteiger partial charge < -0.3 is 16.2 Å². The Balaban J connectivity index is 0.000000479. The van der Waals surface area contributed by atoms with E-state index in [1.807, 2.05) is 13.8 Å². The van der Waals surface area contributed by atoms with Crippen LogP contribution in [0.15, 0.2) is 36.7 Å². The lowest BCUT2D eigenvalue weighted by atomic mass is 10.1. The van der Waals surface area contributed by atoms with Crippen LogP contribution in [-0.4, -0.2) is 37.9 Å². The molecule has 0 radical (unpaired) electrons. The van der Waals surface area contributed by atoms with E-state index in [0.717, 1.165) is 10.6 Å². The van der Waals surface area contributed by atoms with Crippen LogP contribution < -0.4 is 11.1 Å². The lowest BCUT2D eigenvalue weighted by molar-refractivity contribution is -0.192. The molecule has 0 aliphatic carbocycles. The molecular weight excluding hydrogens is 466 g/mol. The van der Waals surface area contributed by atoms with E-state index in [0.29, 0.717) is 16.1 Å². The number of aromatic nitrogens is 3. The number of thiazole rings is 1. The molecule has 0 bridgehead atoms. The minimum atomic E-state index is -5.08. The average molecular weight is 487 g/mol. The van der Waals surface area contributed by atoms with Crippen LogP contribution in [0.4, 0.5) is 17.6 Å². The van der Waals surface area contributed by atoms with Crippen molar-refractivity contribution < 1.29 is 32.3 Å². The van der Waals surface area contributed by atoms with Crippen molar-refractivity contribution in [1.82, 2.24) is 20.1 Å². The summed E-state index contributed by atoms with van der Waals surface area (Å²) in [5.41, 5.74) is 7.87. The van der Waals surface area contributed by atoms with Gasteiger partial charge in [-0.05, 0) is 26.0 Å². The van der Waals surface area contributed by atoms with Crippen LogP contribution in [0.2, 0.25) is 0 Å². The molecule has 3 rings (SSSR count). The van der Waals surface area contributed by atoms with E-state index in [1.54, 1.807) is 42.3 Å². The predicted molar refractivity (Wildman–Crippen MR) is 113 cm³/mol. The molecule has 2 aromatic heterocycles. The first-order valence-corrected chi connectivity index (χ1v) is 10.2. The van der Waals surface area contributed by atoms with Crippen LogP contribution in [0.25, 0.3) is 10.6 Å². The Hall–Kier alpha value is -3.32. The van der Waals surface area contributed by atoms with E-state index in [1.165, 1.54) is 17.4 Å². The summed E-state index contributed by atoms with van der Waals surface area (Å²) < 4.78 is 47.3. The molecule has 2 atom stereocenters. The first-order chi connectivity index (χ1) is 15.3. The molecule has 4 N–H and O–H groups in total. The summed E-state index contributed by atoms with van der Waals surface area (Å²) in [4.78, 5) is 26.7. The number of benzene rings is 1. The topological polar surface area (TPSA) is 123 Å². The monoisotopic (exact) mass is 487 g/mol. The number of rotatable bonds is 5. The number of carbonyl (C=O) groups excluding carboxylic acids is 1. The van der Waals surface area contributed by atoms with Gasteiger partial charge in [0.1, 0.15) is 16.9 Å². The Kier molecular flexibility index (Phi) is 8.28.